The molecule has 2 aromatic rings. The average Bonchev–Trinajstić information content (AvgIpc) is 2.59. The highest BCUT2D eigenvalue weighted by atomic mass is 16.5. The fourth-order valence-corrected chi connectivity index (χ4v) is 1.73. The van der Waals surface area contributed by atoms with Crippen molar-refractivity contribution < 1.29 is 4.74 Å². The van der Waals surface area contributed by atoms with Crippen molar-refractivity contribution in [2.75, 3.05) is 7.11 Å². The van der Waals surface area contributed by atoms with Crippen LogP contribution in [0.1, 0.15) is 11.4 Å². The molecule has 3 heteroatoms. The molecule has 0 saturated carbocycles. The lowest BCUT2D eigenvalue weighted by Crippen LogP contribution is -1.84. The lowest BCUT2D eigenvalue weighted by molar-refractivity contribution is 0.415. The zero-order chi connectivity index (χ0) is 10.8. The molecule has 1 N–H and O–H groups in total. The van der Waals surface area contributed by atoms with Crippen LogP contribution in [0.4, 0.5) is 0 Å². The van der Waals surface area contributed by atoms with E-state index in [1.807, 2.05) is 38.1 Å². The third-order valence-electron chi connectivity index (χ3n) is 2.51. The highest BCUT2D eigenvalue weighted by Gasteiger charge is 2.08. The number of hydrogen-bond acceptors (Lipinski definition) is 2. The first-order valence-corrected chi connectivity index (χ1v) is 4.88. The number of rotatable bonds is 2. The number of methoxy groups -OCH3 is 1. The first-order chi connectivity index (χ1) is 7.22. The van der Waals surface area contributed by atoms with Gasteiger partial charge in [0.15, 0.2) is 0 Å². The van der Waals surface area contributed by atoms with Crippen molar-refractivity contribution in [1.82, 2.24) is 10.2 Å². The van der Waals surface area contributed by atoms with Gasteiger partial charge in [-0.1, -0.05) is 12.1 Å². The molecule has 0 fully saturated rings. The molecule has 1 aromatic carbocycles. The molecule has 15 heavy (non-hydrogen) atoms. The second-order valence-corrected chi connectivity index (χ2v) is 3.54. The van der Waals surface area contributed by atoms with Crippen LogP contribution in [0.5, 0.6) is 5.75 Å². The third-order valence-corrected chi connectivity index (χ3v) is 2.51. The number of H-pyrrole nitrogens is 1. The summed E-state index contributed by atoms with van der Waals surface area (Å²) in [4.78, 5) is 0. The molecule has 0 saturated heterocycles. The van der Waals surface area contributed by atoms with Gasteiger partial charge in [0.1, 0.15) is 5.75 Å². The molecule has 0 aliphatic carbocycles. The molecule has 0 aliphatic rings. The zero-order valence-electron chi connectivity index (χ0n) is 9.16. The van der Waals surface area contributed by atoms with Crippen LogP contribution in [0.25, 0.3) is 11.1 Å². The largest absolute Gasteiger partial charge is 0.497 e. The van der Waals surface area contributed by atoms with E-state index in [-0.39, 0.29) is 0 Å². The highest BCUT2D eigenvalue weighted by Crippen LogP contribution is 2.26. The third kappa shape index (κ3) is 1.73. The van der Waals surface area contributed by atoms with E-state index in [2.05, 4.69) is 10.2 Å². The molecule has 0 spiro atoms. The molecule has 0 atom stereocenters. The Morgan fingerprint density at radius 3 is 2.27 bits per heavy atom. The molecule has 0 unspecified atom stereocenters. The monoisotopic (exact) mass is 202 g/mol. The van der Waals surface area contributed by atoms with E-state index in [1.165, 1.54) is 11.1 Å². The Bertz CT molecular complexity index is 437. The number of benzene rings is 1. The van der Waals surface area contributed by atoms with Crippen LogP contribution in [0, 0.1) is 13.8 Å². The van der Waals surface area contributed by atoms with Gasteiger partial charge in [-0.3, -0.25) is 5.10 Å². The maximum absolute atomic E-state index is 5.12. The number of aromatic nitrogens is 2. The summed E-state index contributed by atoms with van der Waals surface area (Å²) in [6, 6.07) is 8.01. The summed E-state index contributed by atoms with van der Waals surface area (Å²) in [5.74, 6) is 0.873. The van der Waals surface area contributed by atoms with Crippen molar-refractivity contribution in [1.29, 1.82) is 0 Å². The minimum absolute atomic E-state index is 0.873. The SMILES string of the molecule is COc1ccc(-c2c(C)n[nH]c2C)cc1. The Hall–Kier alpha value is -1.77. The van der Waals surface area contributed by atoms with Crippen molar-refractivity contribution in [2.45, 2.75) is 13.8 Å². The molecule has 0 aliphatic heterocycles. The summed E-state index contributed by atoms with van der Waals surface area (Å²) in [5, 5.41) is 7.16. The summed E-state index contributed by atoms with van der Waals surface area (Å²) >= 11 is 0. The second kappa shape index (κ2) is 3.77. The molecule has 3 nitrogen and oxygen atoms in total. The lowest BCUT2D eigenvalue weighted by Gasteiger charge is -2.03. The molecule has 1 heterocycles. The minimum Gasteiger partial charge on any atom is -0.497 e. The average molecular weight is 202 g/mol. The Morgan fingerprint density at radius 1 is 1.13 bits per heavy atom. The standard InChI is InChI=1S/C12H14N2O/c1-8-12(9(2)14-13-8)10-4-6-11(15-3)7-5-10/h4-7H,1-3H3,(H,13,14). The van der Waals surface area contributed by atoms with Crippen LogP contribution in [0.2, 0.25) is 0 Å². The Kier molecular flexibility index (Phi) is 2.46. The van der Waals surface area contributed by atoms with E-state index in [4.69, 9.17) is 4.74 Å². The Balaban J connectivity index is 2.45. The van der Waals surface area contributed by atoms with Gasteiger partial charge >= 0.3 is 0 Å². The number of hydrogen-bond donors (Lipinski definition) is 1. The number of aromatic amines is 1. The summed E-state index contributed by atoms with van der Waals surface area (Å²) in [6.07, 6.45) is 0. The predicted molar refractivity (Wildman–Crippen MR) is 60.0 cm³/mol. The van der Waals surface area contributed by atoms with Crippen molar-refractivity contribution in [3.8, 4) is 16.9 Å². The van der Waals surface area contributed by atoms with Gasteiger partial charge in [-0.15, -0.1) is 0 Å². The topological polar surface area (TPSA) is 37.9 Å². The van der Waals surface area contributed by atoms with E-state index in [9.17, 15) is 0 Å². The van der Waals surface area contributed by atoms with Gasteiger partial charge in [0.25, 0.3) is 0 Å². The van der Waals surface area contributed by atoms with Crippen LogP contribution in [-0.4, -0.2) is 17.3 Å². The lowest BCUT2D eigenvalue weighted by atomic mass is 10.0. The maximum atomic E-state index is 5.12. The van der Waals surface area contributed by atoms with Gasteiger partial charge in [-0.05, 0) is 31.5 Å². The number of nitrogens with one attached hydrogen (secondary N) is 1. The van der Waals surface area contributed by atoms with Gasteiger partial charge in [-0.25, -0.2) is 0 Å². The molecular weight excluding hydrogens is 188 g/mol. The predicted octanol–water partition coefficient (Wildman–Crippen LogP) is 2.70. The van der Waals surface area contributed by atoms with Gasteiger partial charge in [-0.2, -0.15) is 5.10 Å². The summed E-state index contributed by atoms with van der Waals surface area (Å²) in [6.45, 7) is 4.03. The Morgan fingerprint density at radius 2 is 1.80 bits per heavy atom. The van der Waals surface area contributed by atoms with Crippen LogP contribution < -0.4 is 4.74 Å². The number of nitrogens with zero attached hydrogens (tertiary/aromatic N) is 1. The van der Waals surface area contributed by atoms with Gasteiger partial charge < -0.3 is 4.74 Å². The molecule has 0 radical (unpaired) electrons. The minimum atomic E-state index is 0.873. The van der Waals surface area contributed by atoms with Crippen molar-refractivity contribution in [3.05, 3.63) is 35.7 Å². The van der Waals surface area contributed by atoms with Gasteiger partial charge in [0.2, 0.25) is 0 Å². The van der Waals surface area contributed by atoms with Crippen LogP contribution in [0.15, 0.2) is 24.3 Å². The highest BCUT2D eigenvalue weighted by molar-refractivity contribution is 5.68. The van der Waals surface area contributed by atoms with E-state index in [0.29, 0.717) is 0 Å². The van der Waals surface area contributed by atoms with E-state index in [0.717, 1.165) is 17.1 Å². The van der Waals surface area contributed by atoms with E-state index in [1.54, 1.807) is 7.11 Å². The van der Waals surface area contributed by atoms with Crippen LogP contribution in [0.3, 0.4) is 0 Å². The normalized spacial score (nSPS) is 10.3. The number of aryl methyl sites for hydroxylation is 2. The summed E-state index contributed by atoms with van der Waals surface area (Å²) < 4.78 is 5.12. The molecule has 0 amide bonds. The van der Waals surface area contributed by atoms with Crippen molar-refractivity contribution in [2.24, 2.45) is 0 Å². The van der Waals surface area contributed by atoms with Gasteiger partial charge in [0, 0.05) is 11.3 Å². The quantitative estimate of drug-likeness (QED) is 0.813. The van der Waals surface area contributed by atoms with Crippen LogP contribution in [-0.2, 0) is 0 Å². The van der Waals surface area contributed by atoms with E-state index >= 15 is 0 Å². The fourth-order valence-electron chi connectivity index (χ4n) is 1.73. The number of ether oxygens (including phenoxy) is 1. The molecule has 2 rings (SSSR count). The van der Waals surface area contributed by atoms with Gasteiger partial charge in [0.05, 0.1) is 12.8 Å². The maximum Gasteiger partial charge on any atom is 0.118 e. The second-order valence-electron chi connectivity index (χ2n) is 3.54. The smallest absolute Gasteiger partial charge is 0.118 e. The molecular formula is C12H14N2O. The van der Waals surface area contributed by atoms with Crippen molar-refractivity contribution in [3.63, 3.8) is 0 Å². The summed E-state index contributed by atoms with van der Waals surface area (Å²) in [5.41, 5.74) is 4.47. The fraction of sp³-hybridized carbons (Fsp3) is 0.250. The molecule has 78 valence electrons. The molecule has 0 bridgehead atoms. The first kappa shape index (κ1) is 9.77. The first-order valence-electron chi connectivity index (χ1n) is 4.88. The van der Waals surface area contributed by atoms with Crippen molar-refractivity contribution >= 4 is 0 Å². The summed E-state index contributed by atoms with van der Waals surface area (Å²) in [7, 11) is 1.67. The molecule has 1 aromatic heterocycles. The zero-order valence-corrected chi connectivity index (χ0v) is 9.16. The Labute approximate surface area is 89.1 Å². The van der Waals surface area contributed by atoms with E-state index < -0.39 is 0 Å². The van der Waals surface area contributed by atoms with Crippen LogP contribution >= 0.6 is 0 Å².